The Balaban J connectivity index is 0.000000310. The molecule has 1 saturated heterocycles. The predicted molar refractivity (Wildman–Crippen MR) is 50.6 cm³/mol. The van der Waals surface area contributed by atoms with Crippen LogP contribution < -0.4 is 16.8 Å². The molecule has 0 unspecified atom stereocenters. The molecule has 78 valence electrons. The normalized spacial score (nSPS) is 17.3. The van der Waals surface area contributed by atoms with E-state index in [1.54, 1.807) is 0 Å². The summed E-state index contributed by atoms with van der Waals surface area (Å²) in [6, 6.07) is 0. The summed E-state index contributed by atoms with van der Waals surface area (Å²) in [4.78, 5) is 11.2. The molecule has 0 aromatic rings. The maximum atomic E-state index is 8.78. The molecule has 0 aromatic carbocycles. The summed E-state index contributed by atoms with van der Waals surface area (Å²) < 4.78 is 0. The number of primary amides is 1. The van der Waals surface area contributed by atoms with E-state index in [1.165, 1.54) is 0 Å². The summed E-state index contributed by atoms with van der Waals surface area (Å²) in [6.45, 7) is 6.43. The minimum absolute atomic E-state index is 0.792. The first-order valence-corrected chi connectivity index (χ1v) is 4.28. The molecule has 1 fully saturated rings. The maximum Gasteiger partial charge on any atom is 0.402 e. The van der Waals surface area contributed by atoms with Gasteiger partial charge in [-0.05, 0) is 0 Å². The fraction of sp³-hybridized carbons (Fsp3) is 0.857. The van der Waals surface area contributed by atoms with Gasteiger partial charge in [0.25, 0.3) is 0 Å². The summed E-state index contributed by atoms with van der Waals surface area (Å²) in [5.74, 6) is 0. The zero-order valence-corrected chi connectivity index (χ0v) is 7.70. The van der Waals surface area contributed by atoms with Crippen molar-refractivity contribution < 1.29 is 9.90 Å². The van der Waals surface area contributed by atoms with Gasteiger partial charge in [0.2, 0.25) is 0 Å². The Morgan fingerprint density at radius 2 is 1.92 bits per heavy atom. The molecule has 6 N–H and O–H groups in total. The molecule has 0 aliphatic carbocycles. The number of amides is 1. The van der Waals surface area contributed by atoms with Gasteiger partial charge in [-0.1, -0.05) is 0 Å². The summed E-state index contributed by atoms with van der Waals surface area (Å²) in [5, 5.41) is 10.5. The molecule has 1 aliphatic rings. The molecule has 1 rings (SSSR count). The van der Waals surface area contributed by atoms with Crippen LogP contribution in [0, 0.1) is 0 Å². The number of piperazine rings is 1. The maximum absolute atomic E-state index is 8.78. The topological polar surface area (TPSA) is 105 Å². The monoisotopic (exact) mass is 190 g/mol. The number of nitrogens with one attached hydrogen (secondary N) is 1. The number of hydrogen-bond donors (Lipinski definition) is 4. The lowest BCUT2D eigenvalue weighted by molar-refractivity contribution is 0.205. The Morgan fingerprint density at radius 1 is 1.46 bits per heavy atom. The third-order valence-corrected chi connectivity index (χ3v) is 1.65. The fourth-order valence-electron chi connectivity index (χ4n) is 1.12. The molecule has 1 aliphatic heterocycles. The molecular weight excluding hydrogens is 172 g/mol. The van der Waals surface area contributed by atoms with Gasteiger partial charge in [0, 0.05) is 39.3 Å². The number of rotatable bonds is 2. The van der Waals surface area contributed by atoms with E-state index in [9.17, 15) is 0 Å². The summed E-state index contributed by atoms with van der Waals surface area (Å²) in [5.41, 5.74) is 9.43. The molecule has 0 aromatic heterocycles. The molecular formula is C7H18N4O2. The van der Waals surface area contributed by atoms with Crippen molar-refractivity contribution in [2.24, 2.45) is 11.5 Å². The van der Waals surface area contributed by atoms with Crippen LogP contribution in [0.3, 0.4) is 0 Å². The van der Waals surface area contributed by atoms with Crippen LogP contribution in [0.1, 0.15) is 0 Å². The van der Waals surface area contributed by atoms with Gasteiger partial charge >= 0.3 is 6.09 Å². The highest BCUT2D eigenvalue weighted by Crippen LogP contribution is 1.88. The highest BCUT2D eigenvalue weighted by Gasteiger charge is 2.06. The van der Waals surface area contributed by atoms with E-state index in [1.807, 2.05) is 0 Å². The van der Waals surface area contributed by atoms with Crippen LogP contribution >= 0.6 is 0 Å². The average molecular weight is 190 g/mol. The van der Waals surface area contributed by atoms with Crippen molar-refractivity contribution in [3.05, 3.63) is 0 Å². The first kappa shape index (κ1) is 12.2. The van der Waals surface area contributed by atoms with E-state index >= 15 is 0 Å². The second-order valence-corrected chi connectivity index (χ2v) is 2.72. The first-order chi connectivity index (χ1) is 6.16. The van der Waals surface area contributed by atoms with Gasteiger partial charge in [0.05, 0.1) is 0 Å². The summed E-state index contributed by atoms with van der Waals surface area (Å²) >= 11 is 0. The van der Waals surface area contributed by atoms with Crippen LogP contribution in [0.4, 0.5) is 4.79 Å². The lowest BCUT2D eigenvalue weighted by Gasteiger charge is -2.26. The molecule has 13 heavy (non-hydrogen) atoms. The van der Waals surface area contributed by atoms with Crippen molar-refractivity contribution in [3.63, 3.8) is 0 Å². The van der Waals surface area contributed by atoms with Crippen LogP contribution in [-0.2, 0) is 0 Å². The van der Waals surface area contributed by atoms with E-state index in [0.29, 0.717) is 0 Å². The fourth-order valence-corrected chi connectivity index (χ4v) is 1.12. The molecule has 0 saturated carbocycles. The molecule has 0 spiro atoms. The van der Waals surface area contributed by atoms with Crippen molar-refractivity contribution >= 4 is 6.09 Å². The second-order valence-electron chi connectivity index (χ2n) is 2.72. The zero-order chi connectivity index (χ0) is 10.1. The second kappa shape index (κ2) is 7.78. The van der Waals surface area contributed by atoms with Crippen molar-refractivity contribution in [2.75, 3.05) is 39.3 Å². The number of carboxylic acid groups (broad SMARTS) is 1. The van der Waals surface area contributed by atoms with Crippen LogP contribution in [0.25, 0.3) is 0 Å². The highest BCUT2D eigenvalue weighted by atomic mass is 16.4. The quantitative estimate of drug-likeness (QED) is 0.423. The number of nitrogens with two attached hydrogens (primary N) is 2. The van der Waals surface area contributed by atoms with Crippen LogP contribution in [0.5, 0.6) is 0 Å². The third kappa shape index (κ3) is 9.06. The number of nitrogens with zero attached hydrogens (tertiary/aromatic N) is 1. The van der Waals surface area contributed by atoms with Gasteiger partial charge in [0.1, 0.15) is 0 Å². The third-order valence-electron chi connectivity index (χ3n) is 1.65. The number of carbonyl (C=O) groups is 1. The van der Waals surface area contributed by atoms with Gasteiger partial charge in [-0.15, -0.1) is 0 Å². The Labute approximate surface area is 77.9 Å². The zero-order valence-electron chi connectivity index (χ0n) is 7.70. The lowest BCUT2D eigenvalue weighted by Crippen LogP contribution is -2.45. The van der Waals surface area contributed by atoms with Gasteiger partial charge in [0.15, 0.2) is 0 Å². The predicted octanol–water partition coefficient (Wildman–Crippen LogP) is -1.53. The Bertz CT molecular complexity index is 130. The molecule has 1 heterocycles. The van der Waals surface area contributed by atoms with E-state index in [2.05, 4.69) is 16.0 Å². The first-order valence-electron chi connectivity index (χ1n) is 4.28. The molecule has 6 nitrogen and oxygen atoms in total. The van der Waals surface area contributed by atoms with E-state index in [0.717, 1.165) is 39.3 Å². The van der Waals surface area contributed by atoms with E-state index in [4.69, 9.17) is 15.6 Å². The van der Waals surface area contributed by atoms with Crippen LogP contribution in [0.15, 0.2) is 0 Å². The van der Waals surface area contributed by atoms with Gasteiger partial charge in [-0.25, -0.2) is 4.79 Å². The van der Waals surface area contributed by atoms with Crippen molar-refractivity contribution in [2.45, 2.75) is 0 Å². The molecule has 0 atom stereocenters. The van der Waals surface area contributed by atoms with Gasteiger partial charge in [-0.3, -0.25) is 4.90 Å². The van der Waals surface area contributed by atoms with Crippen LogP contribution in [0.2, 0.25) is 0 Å². The van der Waals surface area contributed by atoms with E-state index < -0.39 is 6.09 Å². The van der Waals surface area contributed by atoms with E-state index in [-0.39, 0.29) is 0 Å². The molecule has 1 amide bonds. The SMILES string of the molecule is NC(=O)O.NCCN1CCNCC1. The Hall–Kier alpha value is -0.850. The highest BCUT2D eigenvalue weighted by molar-refractivity contribution is 5.61. The summed E-state index contributed by atoms with van der Waals surface area (Å²) in [7, 11) is 0. The standard InChI is InChI=1S/C6H15N3.CH3NO2/c7-1-4-9-5-2-8-3-6-9;2-1(3)4/h8H,1-7H2;2H2,(H,3,4). The summed E-state index contributed by atoms with van der Waals surface area (Å²) in [6.07, 6.45) is -1.33. The van der Waals surface area contributed by atoms with Crippen molar-refractivity contribution in [1.82, 2.24) is 10.2 Å². The lowest BCUT2D eigenvalue weighted by atomic mass is 10.3. The smallest absolute Gasteiger partial charge is 0.402 e. The van der Waals surface area contributed by atoms with Crippen molar-refractivity contribution in [3.8, 4) is 0 Å². The number of hydrogen-bond acceptors (Lipinski definition) is 4. The van der Waals surface area contributed by atoms with Gasteiger partial charge < -0.3 is 21.9 Å². The molecule has 0 bridgehead atoms. The molecule has 6 heteroatoms. The minimum Gasteiger partial charge on any atom is -0.465 e. The van der Waals surface area contributed by atoms with Gasteiger partial charge in [-0.2, -0.15) is 0 Å². The molecule has 0 radical (unpaired) electrons. The van der Waals surface area contributed by atoms with Crippen LogP contribution in [-0.4, -0.2) is 55.4 Å². The van der Waals surface area contributed by atoms with Crippen molar-refractivity contribution in [1.29, 1.82) is 0 Å². The minimum atomic E-state index is -1.33. The average Bonchev–Trinajstić information content (AvgIpc) is 2.06. The Kier molecular flexibility index (Phi) is 7.27. The Morgan fingerprint density at radius 3 is 2.31 bits per heavy atom. The largest absolute Gasteiger partial charge is 0.465 e.